The Morgan fingerprint density at radius 2 is 2.05 bits per heavy atom. The van der Waals surface area contributed by atoms with Gasteiger partial charge in [0.25, 0.3) is 0 Å². The summed E-state index contributed by atoms with van der Waals surface area (Å²) in [6, 6.07) is 10.6. The lowest BCUT2D eigenvalue weighted by molar-refractivity contribution is -0.113. The van der Waals surface area contributed by atoms with Crippen molar-refractivity contribution in [1.82, 2.24) is 0 Å². The van der Waals surface area contributed by atoms with Gasteiger partial charge in [-0.25, -0.2) is 0 Å². The fourth-order valence-corrected chi connectivity index (χ4v) is 3.00. The highest BCUT2D eigenvalue weighted by Crippen LogP contribution is 2.30. The molecule has 0 aliphatic carbocycles. The summed E-state index contributed by atoms with van der Waals surface area (Å²) in [7, 11) is 0. The Morgan fingerprint density at radius 3 is 2.81 bits per heavy atom. The molecule has 2 aromatic rings. The number of rotatable bonds is 4. The molecule has 0 unspecified atom stereocenters. The van der Waals surface area contributed by atoms with Gasteiger partial charge in [0.1, 0.15) is 0 Å². The minimum absolute atomic E-state index is 0.121. The molecule has 21 heavy (non-hydrogen) atoms. The Bertz CT molecular complexity index is 677. The van der Waals surface area contributed by atoms with Crippen LogP contribution >= 0.6 is 35.0 Å². The van der Waals surface area contributed by atoms with Crippen LogP contribution in [0.1, 0.15) is 5.56 Å². The van der Waals surface area contributed by atoms with Gasteiger partial charge in [-0.15, -0.1) is 11.8 Å². The lowest BCUT2D eigenvalue weighted by Crippen LogP contribution is -2.15. The van der Waals surface area contributed by atoms with Gasteiger partial charge in [0.15, 0.2) is 0 Å². The van der Waals surface area contributed by atoms with E-state index in [2.05, 4.69) is 5.32 Å². The van der Waals surface area contributed by atoms with Gasteiger partial charge in [0, 0.05) is 21.3 Å². The highest BCUT2D eigenvalue weighted by Gasteiger charge is 2.09. The number of nitrogens with two attached hydrogens (primary N) is 1. The number of nitrogens with one attached hydrogen (secondary N) is 1. The first-order valence-corrected chi connectivity index (χ1v) is 7.94. The predicted molar refractivity (Wildman–Crippen MR) is 91.4 cm³/mol. The molecule has 1 amide bonds. The molecule has 0 fully saturated rings. The maximum atomic E-state index is 12.0. The number of halogens is 2. The van der Waals surface area contributed by atoms with Crippen LogP contribution in [0.3, 0.4) is 0 Å². The van der Waals surface area contributed by atoms with E-state index >= 15 is 0 Å². The summed E-state index contributed by atoms with van der Waals surface area (Å²) in [5.74, 6) is 0.124. The van der Waals surface area contributed by atoms with E-state index in [1.165, 1.54) is 11.8 Å². The van der Waals surface area contributed by atoms with Gasteiger partial charge < -0.3 is 11.1 Å². The molecule has 110 valence electrons. The molecular weight excluding hydrogens is 327 g/mol. The SMILES string of the molecule is Cc1c(N)cccc1NC(=O)CSc1cc(Cl)ccc1Cl. The van der Waals surface area contributed by atoms with Crippen LogP contribution in [0.25, 0.3) is 0 Å². The van der Waals surface area contributed by atoms with E-state index in [0.29, 0.717) is 15.7 Å². The number of anilines is 2. The molecular formula is C15H14Cl2N2OS. The molecule has 6 heteroatoms. The minimum Gasteiger partial charge on any atom is -0.398 e. The van der Waals surface area contributed by atoms with Crippen molar-refractivity contribution in [3.8, 4) is 0 Å². The topological polar surface area (TPSA) is 55.1 Å². The van der Waals surface area contributed by atoms with Crippen LogP contribution in [0.2, 0.25) is 10.0 Å². The fourth-order valence-electron chi connectivity index (χ4n) is 1.71. The van der Waals surface area contributed by atoms with E-state index in [1.54, 1.807) is 30.3 Å². The standard InChI is InChI=1S/C15H14Cl2N2OS/c1-9-12(18)3-2-4-13(9)19-15(20)8-21-14-7-10(16)5-6-11(14)17/h2-7H,8,18H2,1H3,(H,19,20). The third-order valence-corrected chi connectivity index (χ3v) is 4.63. The van der Waals surface area contributed by atoms with E-state index < -0.39 is 0 Å². The average molecular weight is 341 g/mol. The summed E-state index contributed by atoms with van der Waals surface area (Å²) in [6.07, 6.45) is 0. The van der Waals surface area contributed by atoms with Gasteiger partial charge in [0.2, 0.25) is 5.91 Å². The molecule has 3 nitrogen and oxygen atoms in total. The number of hydrogen-bond donors (Lipinski definition) is 2. The second-order valence-electron chi connectivity index (χ2n) is 4.43. The number of thioether (sulfide) groups is 1. The van der Waals surface area contributed by atoms with Gasteiger partial charge in [-0.3, -0.25) is 4.79 Å². The van der Waals surface area contributed by atoms with Crippen molar-refractivity contribution >= 4 is 52.2 Å². The highest BCUT2D eigenvalue weighted by molar-refractivity contribution is 8.00. The molecule has 0 atom stereocenters. The van der Waals surface area contributed by atoms with Crippen molar-refractivity contribution < 1.29 is 4.79 Å². The monoisotopic (exact) mass is 340 g/mol. The molecule has 0 heterocycles. The van der Waals surface area contributed by atoms with Gasteiger partial charge >= 0.3 is 0 Å². The predicted octanol–water partition coefficient (Wildman–Crippen LogP) is 4.61. The summed E-state index contributed by atoms with van der Waals surface area (Å²) in [6.45, 7) is 1.87. The van der Waals surface area contributed by atoms with Crippen molar-refractivity contribution in [2.75, 3.05) is 16.8 Å². The van der Waals surface area contributed by atoms with Gasteiger partial charge in [-0.2, -0.15) is 0 Å². The smallest absolute Gasteiger partial charge is 0.234 e. The molecule has 0 saturated carbocycles. The zero-order valence-corrected chi connectivity index (χ0v) is 13.6. The van der Waals surface area contributed by atoms with Crippen molar-refractivity contribution in [1.29, 1.82) is 0 Å². The minimum atomic E-state index is -0.121. The van der Waals surface area contributed by atoms with Crippen molar-refractivity contribution in [2.45, 2.75) is 11.8 Å². The Kier molecular flexibility index (Phi) is 5.39. The maximum absolute atomic E-state index is 12.0. The van der Waals surface area contributed by atoms with Crippen LogP contribution in [0.5, 0.6) is 0 Å². The Labute approximate surface area is 137 Å². The zero-order chi connectivity index (χ0) is 15.4. The molecule has 0 aromatic heterocycles. The van der Waals surface area contributed by atoms with Crippen molar-refractivity contribution in [3.05, 3.63) is 52.0 Å². The first-order chi connectivity index (χ1) is 9.97. The van der Waals surface area contributed by atoms with Crippen molar-refractivity contribution in [3.63, 3.8) is 0 Å². The summed E-state index contributed by atoms with van der Waals surface area (Å²) in [4.78, 5) is 12.8. The summed E-state index contributed by atoms with van der Waals surface area (Å²) < 4.78 is 0. The number of carbonyl (C=O) groups is 1. The lowest BCUT2D eigenvalue weighted by atomic mass is 10.1. The van der Waals surface area contributed by atoms with Gasteiger partial charge in [0.05, 0.1) is 10.8 Å². The van der Waals surface area contributed by atoms with E-state index in [4.69, 9.17) is 28.9 Å². The number of amides is 1. The Morgan fingerprint density at radius 1 is 1.29 bits per heavy atom. The van der Waals surface area contributed by atoms with Crippen molar-refractivity contribution in [2.24, 2.45) is 0 Å². The molecule has 0 saturated heterocycles. The van der Waals surface area contributed by atoms with E-state index in [0.717, 1.165) is 16.1 Å². The van der Waals surface area contributed by atoms with E-state index in [9.17, 15) is 4.79 Å². The second kappa shape index (κ2) is 7.07. The second-order valence-corrected chi connectivity index (χ2v) is 6.29. The average Bonchev–Trinajstić information content (AvgIpc) is 2.45. The quantitative estimate of drug-likeness (QED) is 0.630. The summed E-state index contributed by atoms with van der Waals surface area (Å²) >= 11 is 13.3. The molecule has 0 bridgehead atoms. The number of nitrogen functional groups attached to an aromatic ring is 1. The molecule has 0 radical (unpaired) electrons. The van der Waals surface area contributed by atoms with Crippen LogP contribution in [0.15, 0.2) is 41.3 Å². The zero-order valence-electron chi connectivity index (χ0n) is 11.3. The Balaban J connectivity index is 1.99. The number of carbonyl (C=O) groups excluding carboxylic acids is 1. The van der Waals surface area contributed by atoms with Crippen LogP contribution in [0.4, 0.5) is 11.4 Å². The van der Waals surface area contributed by atoms with E-state index in [1.807, 2.05) is 13.0 Å². The summed E-state index contributed by atoms with van der Waals surface area (Å²) in [5, 5.41) is 4.01. The van der Waals surface area contributed by atoms with Gasteiger partial charge in [-0.05, 0) is 42.8 Å². The fraction of sp³-hybridized carbons (Fsp3) is 0.133. The largest absolute Gasteiger partial charge is 0.398 e. The Hall–Kier alpha value is -1.36. The third kappa shape index (κ3) is 4.30. The molecule has 2 aromatic carbocycles. The molecule has 0 aliphatic rings. The number of benzene rings is 2. The third-order valence-electron chi connectivity index (χ3n) is 2.90. The molecule has 3 N–H and O–H groups in total. The number of hydrogen-bond acceptors (Lipinski definition) is 3. The molecule has 0 spiro atoms. The first kappa shape index (κ1) is 16.0. The molecule has 0 aliphatic heterocycles. The van der Waals surface area contributed by atoms with Gasteiger partial charge in [-0.1, -0.05) is 29.3 Å². The maximum Gasteiger partial charge on any atom is 0.234 e. The highest BCUT2D eigenvalue weighted by atomic mass is 35.5. The van der Waals surface area contributed by atoms with Crippen LogP contribution in [0, 0.1) is 6.92 Å². The van der Waals surface area contributed by atoms with Crippen LogP contribution < -0.4 is 11.1 Å². The van der Waals surface area contributed by atoms with Crippen LogP contribution in [-0.2, 0) is 4.79 Å². The molecule has 2 rings (SSSR count). The normalized spacial score (nSPS) is 10.4. The van der Waals surface area contributed by atoms with Crippen LogP contribution in [-0.4, -0.2) is 11.7 Å². The first-order valence-electron chi connectivity index (χ1n) is 6.20. The van der Waals surface area contributed by atoms with E-state index in [-0.39, 0.29) is 11.7 Å². The lowest BCUT2D eigenvalue weighted by Gasteiger charge is -2.10. The summed E-state index contributed by atoms with van der Waals surface area (Å²) in [5.41, 5.74) is 8.04.